The van der Waals surface area contributed by atoms with Crippen molar-refractivity contribution < 1.29 is 0 Å². The van der Waals surface area contributed by atoms with Crippen molar-refractivity contribution in [1.82, 2.24) is 10.6 Å². The van der Waals surface area contributed by atoms with E-state index in [1.54, 1.807) is 0 Å². The van der Waals surface area contributed by atoms with Crippen molar-refractivity contribution in [2.45, 2.75) is 188 Å². The molecule has 0 aromatic rings. The van der Waals surface area contributed by atoms with Gasteiger partial charge in [0.15, 0.2) is 0 Å². The number of unbranched alkanes of at least 4 members (excludes halogenated alkanes) is 18. The fourth-order valence-corrected chi connectivity index (χ4v) is 5.39. The van der Waals surface area contributed by atoms with E-state index in [0.29, 0.717) is 0 Å². The molecule has 0 aromatic carbocycles. The summed E-state index contributed by atoms with van der Waals surface area (Å²) in [4.78, 5) is 0. The van der Waals surface area contributed by atoms with Crippen molar-refractivity contribution in [3.05, 3.63) is 24.6 Å². The number of hydrogen-bond donors (Lipinski definition) is 2. The molecule has 0 aromatic heterocycles. The van der Waals surface area contributed by atoms with E-state index < -0.39 is 0 Å². The van der Waals surface area contributed by atoms with Crippen molar-refractivity contribution >= 4 is 0 Å². The molecule has 0 aliphatic carbocycles. The molecule has 0 spiro atoms. The summed E-state index contributed by atoms with van der Waals surface area (Å²) in [6, 6.07) is 0. The number of rotatable bonds is 32. The predicted molar refractivity (Wildman–Crippen MR) is 179 cm³/mol. The first-order chi connectivity index (χ1) is 18.9. The number of allylic oxidation sites excluding steroid dienone is 2. The average molecular weight is 547 g/mol. The zero-order chi connectivity index (χ0) is 28.8. The van der Waals surface area contributed by atoms with Crippen LogP contribution >= 0.6 is 0 Å². The predicted octanol–water partition coefficient (Wildman–Crippen LogP) is 12.3. The minimum atomic E-state index is 0.872. The fraction of sp³-hybridized carbons (Fsp3) is 0.892. The minimum Gasteiger partial charge on any atom is -0.389 e. The van der Waals surface area contributed by atoms with E-state index in [1.807, 2.05) is 0 Å². The maximum Gasteiger partial charge on any atom is 0.0143 e. The Morgan fingerprint density at radius 3 is 0.974 bits per heavy atom. The summed E-state index contributed by atoms with van der Waals surface area (Å²) < 4.78 is 0. The summed E-state index contributed by atoms with van der Waals surface area (Å²) in [5.41, 5.74) is 2.48. The Hall–Kier alpha value is -0.920. The van der Waals surface area contributed by atoms with Crippen LogP contribution in [-0.2, 0) is 0 Å². The third-order valence-electron chi connectivity index (χ3n) is 8.12. The Morgan fingerprint density at radius 1 is 0.385 bits per heavy atom. The summed E-state index contributed by atoms with van der Waals surface area (Å²) in [6.07, 6.45) is 34.2. The summed E-state index contributed by atoms with van der Waals surface area (Å²) in [7, 11) is 0. The first-order valence-electron chi connectivity index (χ1n) is 17.7. The van der Waals surface area contributed by atoms with Crippen LogP contribution in [0.1, 0.15) is 188 Å². The average Bonchev–Trinajstić information content (AvgIpc) is 2.89. The molecule has 0 fully saturated rings. The van der Waals surface area contributed by atoms with E-state index in [-0.39, 0.29) is 0 Å². The van der Waals surface area contributed by atoms with Crippen molar-refractivity contribution in [2.24, 2.45) is 11.8 Å². The second-order valence-electron chi connectivity index (χ2n) is 13.4. The molecule has 0 radical (unpaired) electrons. The summed E-state index contributed by atoms with van der Waals surface area (Å²) >= 11 is 0. The van der Waals surface area contributed by atoms with Crippen LogP contribution in [0.15, 0.2) is 24.6 Å². The van der Waals surface area contributed by atoms with Gasteiger partial charge in [-0.1, -0.05) is 163 Å². The molecule has 0 bridgehead atoms. The maximum atomic E-state index is 4.24. The molecule has 2 N–H and O–H groups in total. The molecule has 0 heterocycles. The first-order valence-corrected chi connectivity index (χ1v) is 17.7. The molecular weight excluding hydrogens is 472 g/mol. The second kappa shape index (κ2) is 30.0. The van der Waals surface area contributed by atoms with Gasteiger partial charge in [0.2, 0.25) is 0 Å². The van der Waals surface area contributed by atoms with Gasteiger partial charge in [0.05, 0.1) is 0 Å². The first kappa shape index (κ1) is 38.1. The van der Waals surface area contributed by atoms with E-state index in [4.69, 9.17) is 0 Å². The number of hydrogen-bond acceptors (Lipinski definition) is 2. The molecule has 0 saturated carbocycles. The highest BCUT2D eigenvalue weighted by Gasteiger charge is 1.99. The monoisotopic (exact) mass is 547 g/mol. The molecule has 0 unspecified atom stereocenters. The van der Waals surface area contributed by atoms with Gasteiger partial charge in [-0.25, -0.2) is 0 Å². The Kier molecular flexibility index (Phi) is 29.3. The molecule has 0 amide bonds. The molecule has 0 saturated heterocycles. The number of nitrogens with one attached hydrogen (secondary N) is 2. The van der Waals surface area contributed by atoms with Crippen LogP contribution in [0.25, 0.3) is 0 Å². The third-order valence-corrected chi connectivity index (χ3v) is 8.12. The van der Waals surface area contributed by atoms with Crippen LogP contribution < -0.4 is 10.6 Å². The molecule has 0 aliphatic heterocycles. The van der Waals surface area contributed by atoms with Gasteiger partial charge in [-0.2, -0.15) is 0 Å². The standard InChI is InChI=1S/C37H74N2/c1-34(2)28-22-17-13-9-7-8-12-16-20-26-32-38-37(6)31-25-21-27-33-39-36(5)30-24-19-15-11-10-14-18-23-29-35(3)4/h34-35,38-39H,5-33H2,1-4H3. The molecule has 39 heavy (non-hydrogen) atoms. The zero-order valence-electron chi connectivity index (χ0n) is 27.7. The summed E-state index contributed by atoms with van der Waals surface area (Å²) in [6.45, 7) is 20.0. The topological polar surface area (TPSA) is 24.1 Å². The largest absolute Gasteiger partial charge is 0.389 e. The lowest BCUT2D eigenvalue weighted by Gasteiger charge is -2.11. The lowest BCUT2D eigenvalue weighted by Crippen LogP contribution is -2.15. The van der Waals surface area contributed by atoms with Crippen LogP contribution in [0.2, 0.25) is 0 Å². The van der Waals surface area contributed by atoms with Crippen LogP contribution in [0, 0.1) is 11.8 Å². The lowest BCUT2D eigenvalue weighted by atomic mass is 10.0. The fourth-order valence-electron chi connectivity index (χ4n) is 5.39. The van der Waals surface area contributed by atoms with Crippen LogP contribution in [0.3, 0.4) is 0 Å². The third kappa shape index (κ3) is 33.2. The lowest BCUT2D eigenvalue weighted by molar-refractivity contribution is 0.504. The van der Waals surface area contributed by atoms with Gasteiger partial charge in [-0.05, 0) is 50.4 Å². The van der Waals surface area contributed by atoms with Crippen molar-refractivity contribution in [1.29, 1.82) is 0 Å². The van der Waals surface area contributed by atoms with Gasteiger partial charge in [-0.3, -0.25) is 0 Å². The van der Waals surface area contributed by atoms with Gasteiger partial charge < -0.3 is 10.6 Å². The highest BCUT2D eigenvalue weighted by molar-refractivity contribution is 4.91. The van der Waals surface area contributed by atoms with Crippen molar-refractivity contribution in [3.8, 4) is 0 Å². The molecule has 2 heteroatoms. The van der Waals surface area contributed by atoms with E-state index >= 15 is 0 Å². The Morgan fingerprint density at radius 2 is 0.641 bits per heavy atom. The van der Waals surface area contributed by atoms with Crippen LogP contribution in [0.5, 0.6) is 0 Å². The van der Waals surface area contributed by atoms with Crippen LogP contribution in [0.4, 0.5) is 0 Å². The Bertz CT molecular complexity index is 522. The van der Waals surface area contributed by atoms with Gasteiger partial charge >= 0.3 is 0 Å². The SMILES string of the molecule is C=C(CCCCCCCCCCC(C)C)NCCCCCC(=C)NCCCCCCCCCCCCC(C)C. The van der Waals surface area contributed by atoms with Gasteiger partial charge in [0, 0.05) is 24.5 Å². The van der Waals surface area contributed by atoms with Crippen LogP contribution in [-0.4, -0.2) is 13.1 Å². The van der Waals surface area contributed by atoms with Crippen molar-refractivity contribution in [3.63, 3.8) is 0 Å². The van der Waals surface area contributed by atoms with Gasteiger partial charge in [0.25, 0.3) is 0 Å². The van der Waals surface area contributed by atoms with E-state index in [1.165, 1.54) is 159 Å². The Labute approximate surface area is 248 Å². The molecule has 0 rings (SSSR count). The smallest absolute Gasteiger partial charge is 0.0143 e. The maximum absolute atomic E-state index is 4.24. The molecule has 232 valence electrons. The zero-order valence-corrected chi connectivity index (χ0v) is 27.7. The molecule has 0 aliphatic rings. The van der Waals surface area contributed by atoms with Gasteiger partial charge in [-0.15, -0.1) is 0 Å². The molecular formula is C37H74N2. The summed E-state index contributed by atoms with van der Waals surface area (Å²) in [5.74, 6) is 1.75. The highest BCUT2D eigenvalue weighted by Crippen LogP contribution is 2.15. The quantitative estimate of drug-likeness (QED) is 0.0820. The van der Waals surface area contributed by atoms with Crippen molar-refractivity contribution in [2.75, 3.05) is 13.1 Å². The second-order valence-corrected chi connectivity index (χ2v) is 13.4. The Balaban J connectivity index is 3.28. The van der Waals surface area contributed by atoms with E-state index in [2.05, 4.69) is 51.5 Å². The minimum absolute atomic E-state index is 0.872. The normalized spacial score (nSPS) is 11.4. The molecule has 2 nitrogen and oxygen atoms in total. The van der Waals surface area contributed by atoms with E-state index in [0.717, 1.165) is 37.8 Å². The van der Waals surface area contributed by atoms with E-state index in [9.17, 15) is 0 Å². The summed E-state index contributed by atoms with van der Waals surface area (Å²) in [5, 5.41) is 7.11. The molecule has 0 atom stereocenters. The highest BCUT2D eigenvalue weighted by atomic mass is 14.9. The van der Waals surface area contributed by atoms with Gasteiger partial charge in [0.1, 0.15) is 0 Å².